The Bertz CT molecular complexity index is 733. The van der Waals surface area contributed by atoms with Gasteiger partial charge in [-0.05, 0) is 30.7 Å². The predicted molar refractivity (Wildman–Crippen MR) is 87.5 cm³/mol. The molecule has 0 aliphatic rings. The monoisotopic (exact) mass is 280 g/mol. The Morgan fingerprint density at radius 3 is 2.48 bits per heavy atom. The number of rotatable bonds is 4. The van der Waals surface area contributed by atoms with Gasteiger partial charge in [-0.3, -0.25) is 0 Å². The van der Waals surface area contributed by atoms with E-state index in [9.17, 15) is 0 Å². The zero-order valence-electron chi connectivity index (χ0n) is 12.5. The van der Waals surface area contributed by atoms with Gasteiger partial charge in [-0.2, -0.15) is 0 Å². The van der Waals surface area contributed by atoms with Crippen molar-refractivity contribution in [1.82, 2.24) is 4.57 Å². The van der Waals surface area contributed by atoms with E-state index in [1.165, 1.54) is 22.2 Å². The third kappa shape index (κ3) is 2.10. The first-order valence-electron chi connectivity index (χ1n) is 7.25. The third-order valence-electron chi connectivity index (χ3n) is 3.96. The number of ether oxygens (including phenoxy) is 1. The fraction of sp³-hybridized carbons (Fsp3) is 0.222. The summed E-state index contributed by atoms with van der Waals surface area (Å²) in [7, 11) is 1.71. The van der Waals surface area contributed by atoms with Crippen LogP contribution in [0, 0.1) is 0 Å². The molecule has 2 aromatic carbocycles. The second-order valence-electron chi connectivity index (χ2n) is 4.99. The van der Waals surface area contributed by atoms with E-state index in [1.54, 1.807) is 7.11 Å². The van der Waals surface area contributed by atoms with Crippen molar-refractivity contribution in [3.05, 3.63) is 54.1 Å². The number of fused-ring (bicyclic) bond motifs is 1. The van der Waals surface area contributed by atoms with Crippen LogP contribution in [-0.2, 0) is 13.1 Å². The molecule has 2 N–H and O–H groups in total. The highest BCUT2D eigenvalue weighted by atomic mass is 16.5. The average Bonchev–Trinajstić information content (AvgIpc) is 2.88. The number of para-hydroxylation sites is 2. The van der Waals surface area contributed by atoms with Crippen molar-refractivity contribution in [2.24, 2.45) is 5.73 Å². The summed E-state index contributed by atoms with van der Waals surface area (Å²) < 4.78 is 7.86. The van der Waals surface area contributed by atoms with E-state index in [0.717, 1.165) is 17.9 Å². The van der Waals surface area contributed by atoms with Gasteiger partial charge in [-0.25, -0.2) is 0 Å². The van der Waals surface area contributed by atoms with E-state index in [2.05, 4.69) is 41.8 Å². The third-order valence-corrected chi connectivity index (χ3v) is 3.96. The zero-order valence-corrected chi connectivity index (χ0v) is 12.5. The van der Waals surface area contributed by atoms with E-state index in [-0.39, 0.29) is 0 Å². The maximum absolute atomic E-state index is 6.06. The molecule has 0 fully saturated rings. The number of aryl methyl sites for hydroxylation is 1. The van der Waals surface area contributed by atoms with Crippen LogP contribution in [-0.4, -0.2) is 11.7 Å². The molecule has 0 radical (unpaired) electrons. The molecule has 1 aromatic heterocycles. The lowest BCUT2D eigenvalue weighted by molar-refractivity contribution is 0.416. The second kappa shape index (κ2) is 5.62. The summed E-state index contributed by atoms with van der Waals surface area (Å²) in [6.07, 6.45) is 0. The smallest absolute Gasteiger partial charge is 0.128 e. The van der Waals surface area contributed by atoms with Gasteiger partial charge in [0.2, 0.25) is 0 Å². The van der Waals surface area contributed by atoms with E-state index in [1.807, 2.05) is 18.2 Å². The maximum Gasteiger partial charge on any atom is 0.128 e. The van der Waals surface area contributed by atoms with E-state index < -0.39 is 0 Å². The van der Waals surface area contributed by atoms with Crippen LogP contribution in [0.15, 0.2) is 48.5 Å². The molecular weight excluding hydrogens is 260 g/mol. The molecule has 0 unspecified atom stereocenters. The van der Waals surface area contributed by atoms with Gasteiger partial charge >= 0.3 is 0 Å². The van der Waals surface area contributed by atoms with Gasteiger partial charge in [-0.1, -0.05) is 30.3 Å². The fourth-order valence-electron chi connectivity index (χ4n) is 3.06. The number of hydrogen-bond donors (Lipinski definition) is 1. The van der Waals surface area contributed by atoms with E-state index in [4.69, 9.17) is 10.5 Å². The minimum Gasteiger partial charge on any atom is -0.496 e. The van der Waals surface area contributed by atoms with Crippen LogP contribution in [0.1, 0.15) is 12.5 Å². The SMILES string of the molecule is CCn1c(-c2ccccc2OC)c(CN)c2ccccc21. The summed E-state index contributed by atoms with van der Waals surface area (Å²) >= 11 is 0. The first kappa shape index (κ1) is 13.7. The Balaban J connectivity index is 2.41. The van der Waals surface area contributed by atoms with Crippen LogP contribution in [0.5, 0.6) is 5.75 Å². The average molecular weight is 280 g/mol. The molecule has 21 heavy (non-hydrogen) atoms. The van der Waals surface area contributed by atoms with Crippen LogP contribution in [0.3, 0.4) is 0 Å². The normalized spacial score (nSPS) is 11.0. The summed E-state index contributed by atoms with van der Waals surface area (Å²) in [4.78, 5) is 0. The van der Waals surface area contributed by atoms with Gasteiger partial charge in [0.05, 0.1) is 12.8 Å². The molecule has 3 rings (SSSR count). The van der Waals surface area contributed by atoms with Gasteiger partial charge in [0, 0.05) is 29.6 Å². The highest BCUT2D eigenvalue weighted by Gasteiger charge is 2.18. The first-order chi connectivity index (χ1) is 10.3. The second-order valence-corrected chi connectivity index (χ2v) is 4.99. The molecule has 0 aliphatic heterocycles. The van der Waals surface area contributed by atoms with Crippen molar-refractivity contribution in [2.45, 2.75) is 20.0 Å². The summed E-state index contributed by atoms with van der Waals surface area (Å²) in [6.45, 7) is 3.57. The van der Waals surface area contributed by atoms with Gasteiger partial charge in [0.15, 0.2) is 0 Å². The lowest BCUT2D eigenvalue weighted by Gasteiger charge is -2.13. The highest BCUT2D eigenvalue weighted by molar-refractivity contribution is 5.93. The molecule has 0 aliphatic carbocycles. The minimum atomic E-state index is 0.515. The Hall–Kier alpha value is -2.26. The molecule has 3 aromatic rings. The van der Waals surface area contributed by atoms with Crippen molar-refractivity contribution >= 4 is 10.9 Å². The summed E-state index contributed by atoms with van der Waals surface area (Å²) in [5.74, 6) is 0.879. The minimum absolute atomic E-state index is 0.515. The maximum atomic E-state index is 6.06. The molecule has 108 valence electrons. The van der Waals surface area contributed by atoms with Crippen LogP contribution in [0.4, 0.5) is 0 Å². The van der Waals surface area contributed by atoms with Crippen LogP contribution in [0.25, 0.3) is 22.2 Å². The molecular formula is C18H20N2O. The number of hydrogen-bond acceptors (Lipinski definition) is 2. The standard InChI is InChI=1S/C18H20N2O/c1-3-20-16-10-6-4-8-13(16)15(12-19)18(20)14-9-5-7-11-17(14)21-2/h4-11H,3,12,19H2,1-2H3. The van der Waals surface area contributed by atoms with Crippen molar-refractivity contribution < 1.29 is 4.74 Å². The zero-order chi connectivity index (χ0) is 14.8. The molecule has 1 heterocycles. The topological polar surface area (TPSA) is 40.2 Å². The summed E-state index contributed by atoms with van der Waals surface area (Å²) in [5, 5.41) is 1.22. The largest absolute Gasteiger partial charge is 0.496 e. The molecule has 0 saturated carbocycles. The van der Waals surface area contributed by atoms with Crippen molar-refractivity contribution in [2.75, 3.05) is 7.11 Å². The molecule has 3 nitrogen and oxygen atoms in total. The summed E-state index contributed by atoms with van der Waals surface area (Å²) in [5.41, 5.74) is 10.7. The molecule has 0 saturated heterocycles. The van der Waals surface area contributed by atoms with E-state index >= 15 is 0 Å². The molecule has 0 atom stereocenters. The Kier molecular flexibility index (Phi) is 3.67. The number of benzene rings is 2. The first-order valence-corrected chi connectivity index (χ1v) is 7.25. The highest BCUT2D eigenvalue weighted by Crippen LogP contribution is 2.38. The lowest BCUT2D eigenvalue weighted by Crippen LogP contribution is -2.03. The number of nitrogens with two attached hydrogens (primary N) is 1. The Morgan fingerprint density at radius 1 is 1.05 bits per heavy atom. The lowest BCUT2D eigenvalue weighted by atomic mass is 10.0. The molecule has 0 amide bonds. The number of nitrogens with zero attached hydrogens (tertiary/aromatic N) is 1. The van der Waals surface area contributed by atoms with Crippen molar-refractivity contribution in [1.29, 1.82) is 0 Å². The number of methoxy groups -OCH3 is 1. The van der Waals surface area contributed by atoms with E-state index in [0.29, 0.717) is 6.54 Å². The fourth-order valence-corrected chi connectivity index (χ4v) is 3.06. The van der Waals surface area contributed by atoms with Gasteiger partial charge in [-0.15, -0.1) is 0 Å². The van der Waals surface area contributed by atoms with Crippen molar-refractivity contribution in [3.8, 4) is 17.0 Å². The van der Waals surface area contributed by atoms with Gasteiger partial charge < -0.3 is 15.0 Å². The van der Waals surface area contributed by atoms with Crippen LogP contribution in [0.2, 0.25) is 0 Å². The molecule has 0 bridgehead atoms. The number of aromatic nitrogens is 1. The van der Waals surface area contributed by atoms with Gasteiger partial charge in [0.25, 0.3) is 0 Å². The molecule has 3 heteroatoms. The molecule has 0 spiro atoms. The van der Waals surface area contributed by atoms with Crippen molar-refractivity contribution in [3.63, 3.8) is 0 Å². The summed E-state index contributed by atoms with van der Waals surface area (Å²) in [6, 6.07) is 16.5. The Labute approximate surface area is 125 Å². The Morgan fingerprint density at radius 2 is 1.76 bits per heavy atom. The van der Waals surface area contributed by atoms with Crippen LogP contribution < -0.4 is 10.5 Å². The quantitative estimate of drug-likeness (QED) is 0.789. The van der Waals surface area contributed by atoms with Gasteiger partial charge in [0.1, 0.15) is 5.75 Å². The predicted octanol–water partition coefficient (Wildman–Crippen LogP) is 3.80. The van der Waals surface area contributed by atoms with Crippen LogP contribution >= 0.6 is 0 Å².